The highest BCUT2D eigenvalue weighted by Crippen LogP contribution is 2.29. The molecule has 104 valence electrons. The number of aliphatic hydroxyl groups is 1. The van der Waals surface area contributed by atoms with E-state index in [0.717, 1.165) is 39.0 Å². The Balaban J connectivity index is 1.59. The third-order valence-corrected chi connectivity index (χ3v) is 4.35. The smallest absolute Gasteiger partial charge is 0.123 e. The van der Waals surface area contributed by atoms with Crippen molar-refractivity contribution in [2.24, 2.45) is 0 Å². The lowest BCUT2D eigenvalue weighted by Gasteiger charge is -2.27. The molecule has 3 rings (SSSR count). The van der Waals surface area contributed by atoms with Gasteiger partial charge in [-0.15, -0.1) is 0 Å². The quantitative estimate of drug-likeness (QED) is 0.865. The van der Waals surface area contributed by atoms with Crippen LogP contribution in [0.4, 0.5) is 4.39 Å². The van der Waals surface area contributed by atoms with Crippen molar-refractivity contribution in [3.8, 4) is 0 Å². The molecule has 0 amide bonds. The number of hydrogen-bond donors (Lipinski definition) is 2. The second-order valence-electron chi connectivity index (χ2n) is 5.92. The third-order valence-electron chi connectivity index (χ3n) is 4.35. The molecule has 1 aromatic carbocycles. The molecule has 2 fully saturated rings. The third kappa shape index (κ3) is 2.96. The summed E-state index contributed by atoms with van der Waals surface area (Å²) in [6, 6.07) is 6.84. The van der Waals surface area contributed by atoms with E-state index in [1.807, 2.05) is 12.1 Å². The summed E-state index contributed by atoms with van der Waals surface area (Å²) < 4.78 is 12.9. The summed E-state index contributed by atoms with van der Waals surface area (Å²) in [7, 11) is 0. The van der Waals surface area contributed by atoms with Crippen LogP contribution in [-0.2, 0) is 0 Å². The molecule has 2 aliphatic heterocycles. The van der Waals surface area contributed by atoms with Gasteiger partial charge in [-0.05, 0) is 49.5 Å². The summed E-state index contributed by atoms with van der Waals surface area (Å²) in [6.45, 7) is 4.34. The van der Waals surface area contributed by atoms with Crippen molar-refractivity contribution >= 4 is 0 Å². The van der Waals surface area contributed by atoms with Crippen LogP contribution in [0.2, 0.25) is 0 Å². The Morgan fingerprint density at radius 3 is 2.84 bits per heavy atom. The van der Waals surface area contributed by atoms with Gasteiger partial charge in [0.1, 0.15) is 5.82 Å². The van der Waals surface area contributed by atoms with Gasteiger partial charge in [-0.2, -0.15) is 0 Å². The van der Waals surface area contributed by atoms with Crippen LogP contribution in [0.5, 0.6) is 0 Å². The van der Waals surface area contributed by atoms with E-state index in [-0.39, 0.29) is 5.82 Å². The minimum atomic E-state index is -0.558. The Morgan fingerprint density at radius 1 is 1.37 bits per heavy atom. The molecule has 0 aliphatic carbocycles. The summed E-state index contributed by atoms with van der Waals surface area (Å²) in [6.07, 6.45) is 1.93. The Bertz CT molecular complexity index is 428. The Morgan fingerprint density at radius 2 is 2.16 bits per heavy atom. The molecule has 4 heteroatoms. The van der Waals surface area contributed by atoms with Crippen molar-refractivity contribution in [2.45, 2.75) is 24.4 Å². The first-order valence-electron chi connectivity index (χ1n) is 7.06. The second kappa shape index (κ2) is 5.19. The lowest BCUT2D eigenvalue weighted by molar-refractivity contribution is 0.0274. The van der Waals surface area contributed by atoms with Gasteiger partial charge >= 0.3 is 0 Å². The molecule has 2 atom stereocenters. The molecule has 2 N–H and O–H groups in total. The molecule has 1 aromatic rings. The number of rotatable bonds is 3. The van der Waals surface area contributed by atoms with Gasteiger partial charge in [0, 0.05) is 19.6 Å². The molecule has 2 saturated heterocycles. The number of nitrogens with zero attached hydrogens (tertiary/aromatic N) is 1. The van der Waals surface area contributed by atoms with E-state index < -0.39 is 5.60 Å². The van der Waals surface area contributed by atoms with Gasteiger partial charge in [0.15, 0.2) is 0 Å². The summed E-state index contributed by atoms with van der Waals surface area (Å²) in [5.74, 6) is 0.295. The normalized spacial score (nSPS) is 32.0. The van der Waals surface area contributed by atoms with Crippen LogP contribution in [0.1, 0.15) is 24.3 Å². The van der Waals surface area contributed by atoms with E-state index in [0.29, 0.717) is 12.5 Å². The Labute approximate surface area is 113 Å². The number of hydrogen-bond acceptors (Lipinski definition) is 3. The Kier molecular flexibility index (Phi) is 3.56. The molecule has 0 aromatic heterocycles. The van der Waals surface area contributed by atoms with Gasteiger partial charge in [-0.25, -0.2) is 4.39 Å². The van der Waals surface area contributed by atoms with Crippen LogP contribution in [0.3, 0.4) is 0 Å². The fraction of sp³-hybridized carbons (Fsp3) is 0.600. The van der Waals surface area contributed by atoms with Gasteiger partial charge in [0.05, 0.1) is 5.60 Å². The minimum Gasteiger partial charge on any atom is -0.387 e. The predicted octanol–water partition coefficient (Wildman–Crippen LogP) is 1.34. The summed E-state index contributed by atoms with van der Waals surface area (Å²) in [5.41, 5.74) is 0.651. The standard InChI is InChI=1S/C15H21FN2O/c16-14-3-1-12(2-4-14)13-5-8-18(9-13)11-15(19)6-7-17-10-15/h1-4,13,17,19H,5-11H2. The Hall–Kier alpha value is -0.970. The number of likely N-dealkylation sites (tertiary alicyclic amines) is 1. The molecule has 0 saturated carbocycles. The van der Waals surface area contributed by atoms with E-state index in [1.165, 1.54) is 17.7 Å². The molecule has 0 spiro atoms. The zero-order valence-electron chi connectivity index (χ0n) is 11.1. The highest BCUT2D eigenvalue weighted by Gasteiger charge is 2.35. The van der Waals surface area contributed by atoms with Crippen molar-refractivity contribution in [1.29, 1.82) is 0 Å². The van der Waals surface area contributed by atoms with Crippen LogP contribution in [-0.4, -0.2) is 48.3 Å². The minimum absolute atomic E-state index is 0.176. The molecule has 0 radical (unpaired) electrons. The van der Waals surface area contributed by atoms with E-state index >= 15 is 0 Å². The number of benzene rings is 1. The van der Waals surface area contributed by atoms with Crippen molar-refractivity contribution in [2.75, 3.05) is 32.7 Å². The summed E-state index contributed by atoms with van der Waals surface area (Å²) in [4.78, 5) is 2.33. The average Bonchev–Trinajstić information content (AvgIpc) is 3.00. The van der Waals surface area contributed by atoms with E-state index in [9.17, 15) is 9.50 Å². The van der Waals surface area contributed by atoms with Crippen molar-refractivity contribution in [3.63, 3.8) is 0 Å². The second-order valence-corrected chi connectivity index (χ2v) is 5.92. The van der Waals surface area contributed by atoms with E-state index in [4.69, 9.17) is 0 Å². The molecule has 2 heterocycles. The first kappa shape index (κ1) is 13.0. The topological polar surface area (TPSA) is 35.5 Å². The van der Waals surface area contributed by atoms with Gasteiger partial charge in [0.2, 0.25) is 0 Å². The van der Waals surface area contributed by atoms with Crippen molar-refractivity contribution in [3.05, 3.63) is 35.6 Å². The van der Waals surface area contributed by atoms with Crippen LogP contribution >= 0.6 is 0 Å². The highest BCUT2D eigenvalue weighted by atomic mass is 19.1. The lowest BCUT2D eigenvalue weighted by atomic mass is 9.98. The van der Waals surface area contributed by atoms with Crippen LogP contribution in [0.25, 0.3) is 0 Å². The summed E-state index contributed by atoms with van der Waals surface area (Å²) in [5, 5.41) is 13.6. The summed E-state index contributed by atoms with van der Waals surface area (Å²) >= 11 is 0. The number of β-amino-alcohol motifs (C(OH)–C–C–N with tert-alkyl or cyclic N) is 1. The van der Waals surface area contributed by atoms with Gasteiger partial charge < -0.3 is 10.4 Å². The first-order valence-corrected chi connectivity index (χ1v) is 7.06. The molecule has 0 bridgehead atoms. The molecule has 19 heavy (non-hydrogen) atoms. The largest absolute Gasteiger partial charge is 0.387 e. The van der Waals surface area contributed by atoms with E-state index in [1.54, 1.807) is 0 Å². The SMILES string of the molecule is OC1(CN2CCC(c3ccc(F)cc3)C2)CCNC1. The van der Waals surface area contributed by atoms with Crippen LogP contribution in [0.15, 0.2) is 24.3 Å². The predicted molar refractivity (Wildman–Crippen MR) is 72.6 cm³/mol. The highest BCUT2D eigenvalue weighted by molar-refractivity contribution is 5.22. The number of nitrogens with one attached hydrogen (secondary N) is 1. The van der Waals surface area contributed by atoms with Crippen molar-refractivity contribution < 1.29 is 9.50 Å². The average molecular weight is 264 g/mol. The van der Waals surface area contributed by atoms with Crippen molar-refractivity contribution in [1.82, 2.24) is 10.2 Å². The van der Waals surface area contributed by atoms with Crippen LogP contribution in [0, 0.1) is 5.82 Å². The molecule has 2 unspecified atom stereocenters. The fourth-order valence-corrected chi connectivity index (χ4v) is 3.26. The van der Waals surface area contributed by atoms with Gasteiger partial charge in [0.25, 0.3) is 0 Å². The lowest BCUT2D eigenvalue weighted by Crippen LogP contribution is -2.43. The van der Waals surface area contributed by atoms with Crippen LogP contribution < -0.4 is 5.32 Å². The fourth-order valence-electron chi connectivity index (χ4n) is 3.26. The zero-order valence-corrected chi connectivity index (χ0v) is 11.1. The van der Waals surface area contributed by atoms with Gasteiger partial charge in [-0.1, -0.05) is 12.1 Å². The maximum absolute atomic E-state index is 12.9. The zero-order chi connectivity index (χ0) is 13.3. The number of halogens is 1. The molecule has 3 nitrogen and oxygen atoms in total. The first-order chi connectivity index (χ1) is 9.15. The van der Waals surface area contributed by atoms with E-state index in [2.05, 4.69) is 10.2 Å². The van der Waals surface area contributed by atoms with Gasteiger partial charge in [-0.3, -0.25) is 4.90 Å². The molecular weight excluding hydrogens is 243 g/mol. The molecular formula is C15H21FN2O. The maximum Gasteiger partial charge on any atom is 0.123 e. The maximum atomic E-state index is 12.9. The molecule has 2 aliphatic rings. The monoisotopic (exact) mass is 264 g/mol.